The van der Waals surface area contributed by atoms with Gasteiger partial charge in [0, 0.05) is 4.47 Å². The largest absolute Gasteiger partial charge is 0.481 e. The van der Waals surface area contributed by atoms with Crippen LogP contribution in [0.3, 0.4) is 0 Å². The molecule has 0 aliphatic heterocycles. The van der Waals surface area contributed by atoms with Crippen LogP contribution in [0.15, 0.2) is 22.7 Å². The van der Waals surface area contributed by atoms with E-state index in [9.17, 15) is 9.59 Å². The standard InChI is InChI=1S/C11H11BrO5/c1-15-10(13)6-17-9-5-7(12)3-4-8(9)11(14)16-2/h3-5H,6H2,1-2H3. The lowest BCUT2D eigenvalue weighted by atomic mass is 10.2. The first-order chi connectivity index (χ1) is 8.08. The van der Waals surface area contributed by atoms with E-state index in [2.05, 4.69) is 25.4 Å². The second kappa shape index (κ2) is 6.24. The summed E-state index contributed by atoms with van der Waals surface area (Å²) in [5.41, 5.74) is 0.250. The van der Waals surface area contributed by atoms with Gasteiger partial charge < -0.3 is 14.2 Å². The minimum atomic E-state index is -0.530. The molecule has 6 heteroatoms. The number of ether oxygens (including phenoxy) is 3. The van der Waals surface area contributed by atoms with Crippen LogP contribution >= 0.6 is 15.9 Å². The van der Waals surface area contributed by atoms with Crippen molar-refractivity contribution in [3.8, 4) is 5.75 Å². The number of hydrogen-bond acceptors (Lipinski definition) is 5. The van der Waals surface area contributed by atoms with Gasteiger partial charge >= 0.3 is 11.9 Å². The molecular weight excluding hydrogens is 292 g/mol. The van der Waals surface area contributed by atoms with Gasteiger partial charge in [-0.15, -0.1) is 0 Å². The van der Waals surface area contributed by atoms with Crippen molar-refractivity contribution in [3.05, 3.63) is 28.2 Å². The summed E-state index contributed by atoms with van der Waals surface area (Å²) in [6.07, 6.45) is 0. The number of hydrogen-bond donors (Lipinski definition) is 0. The monoisotopic (exact) mass is 302 g/mol. The summed E-state index contributed by atoms with van der Waals surface area (Å²) >= 11 is 3.24. The maximum absolute atomic E-state index is 11.4. The molecule has 0 saturated carbocycles. The number of carbonyl (C=O) groups is 2. The summed E-state index contributed by atoms with van der Waals surface area (Å²) in [5.74, 6) is -0.796. The van der Waals surface area contributed by atoms with Crippen molar-refractivity contribution >= 4 is 27.9 Å². The smallest absolute Gasteiger partial charge is 0.343 e. The molecule has 0 radical (unpaired) electrons. The van der Waals surface area contributed by atoms with Crippen molar-refractivity contribution in [1.29, 1.82) is 0 Å². The highest BCUT2D eigenvalue weighted by atomic mass is 79.9. The Morgan fingerprint density at radius 3 is 2.53 bits per heavy atom. The topological polar surface area (TPSA) is 61.8 Å². The molecule has 92 valence electrons. The third-order valence-electron chi connectivity index (χ3n) is 1.92. The van der Waals surface area contributed by atoms with E-state index in [1.54, 1.807) is 18.2 Å². The molecule has 0 saturated heterocycles. The molecule has 0 fully saturated rings. The van der Waals surface area contributed by atoms with Crippen LogP contribution < -0.4 is 4.74 Å². The Bertz CT molecular complexity index is 430. The van der Waals surface area contributed by atoms with E-state index < -0.39 is 11.9 Å². The lowest BCUT2D eigenvalue weighted by molar-refractivity contribution is -0.142. The fourth-order valence-corrected chi connectivity index (χ4v) is 1.43. The molecule has 0 aliphatic carbocycles. The fraction of sp³-hybridized carbons (Fsp3) is 0.273. The molecule has 0 aromatic heterocycles. The molecule has 0 N–H and O–H groups in total. The number of methoxy groups -OCH3 is 2. The quantitative estimate of drug-likeness (QED) is 0.794. The van der Waals surface area contributed by atoms with Crippen molar-refractivity contribution in [2.24, 2.45) is 0 Å². The average molecular weight is 303 g/mol. The molecule has 0 amide bonds. The number of benzene rings is 1. The maximum atomic E-state index is 11.4. The van der Waals surface area contributed by atoms with E-state index in [1.807, 2.05) is 0 Å². The van der Waals surface area contributed by atoms with E-state index in [-0.39, 0.29) is 17.9 Å². The van der Waals surface area contributed by atoms with Crippen LogP contribution in [-0.2, 0) is 14.3 Å². The first-order valence-electron chi connectivity index (χ1n) is 4.66. The summed E-state index contributed by atoms with van der Waals surface area (Å²) in [4.78, 5) is 22.4. The number of carbonyl (C=O) groups excluding carboxylic acids is 2. The van der Waals surface area contributed by atoms with Gasteiger partial charge in [0.05, 0.1) is 14.2 Å². The zero-order chi connectivity index (χ0) is 12.8. The van der Waals surface area contributed by atoms with E-state index in [1.165, 1.54) is 14.2 Å². The van der Waals surface area contributed by atoms with Crippen molar-refractivity contribution in [2.45, 2.75) is 0 Å². The van der Waals surface area contributed by atoms with Crippen LogP contribution in [0, 0.1) is 0 Å². The number of esters is 2. The average Bonchev–Trinajstić information content (AvgIpc) is 2.35. The van der Waals surface area contributed by atoms with Crippen LogP contribution in [0.25, 0.3) is 0 Å². The van der Waals surface area contributed by atoms with Gasteiger partial charge in [-0.05, 0) is 18.2 Å². The molecule has 1 aromatic rings. The second-order valence-electron chi connectivity index (χ2n) is 3.00. The minimum absolute atomic E-state index is 0.250. The molecule has 0 atom stereocenters. The highest BCUT2D eigenvalue weighted by Crippen LogP contribution is 2.24. The number of rotatable bonds is 4. The van der Waals surface area contributed by atoms with Gasteiger partial charge in [-0.25, -0.2) is 9.59 Å². The van der Waals surface area contributed by atoms with E-state index in [4.69, 9.17) is 4.74 Å². The van der Waals surface area contributed by atoms with Gasteiger partial charge in [0.2, 0.25) is 0 Å². The Morgan fingerprint density at radius 2 is 1.94 bits per heavy atom. The maximum Gasteiger partial charge on any atom is 0.343 e. The van der Waals surface area contributed by atoms with Crippen LogP contribution in [-0.4, -0.2) is 32.8 Å². The Morgan fingerprint density at radius 1 is 1.24 bits per heavy atom. The molecule has 1 rings (SSSR count). The molecule has 1 aromatic carbocycles. The first kappa shape index (κ1) is 13.5. The first-order valence-corrected chi connectivity index (χ1v) is 5.45. The summed E-state index contributed by atoms with van der Waals surface area (Å²) < 4.78 is 15.0. The normalized spacial score (nSPS) is 9.59. The Hall–Kier alpha value is -1.56. The Labute approximate surface area is 107 Å². The van der Waals surface area contributed by atoms with E-state index >= 15 is 0 Å². The number of halogens is 1. The molecule has 0 unspecified atom stereocenters. The lowest BCUT2D eigenvalue weighted by Crippen LogP contribution is -2.14. The summed E-state index contributed by atoms with van der Waals surface area (Å²) in [6.45, 7) is -0.267. The summed E-state index contributed by atoms with van der Waals surface area (Å²) in [6, 6.07) is 4.80. The van der Waals surface area contributed by atoms with Gasteiger partial charge in [-0.1, -0.05) is 15.9 Å². The van der Waals surface area contributed by atoms with Crippen LogP contribution in [0.2, 0.25) is 0 Å². The van der Waals surface area contributed by atoms with Crippen molar-refractivity contribution in [2.75, 3.05) is 20.8 Å². The van der Waals surface area contributed by atoms with E-state index in [0.29, 0.717) is 0 Å². The van der Waals surface area contributed by atoms with E-state index in [0.717, 1.165) is 4.47 Å². The lowest BCUT2D eigenvalue weighted by Gasteiger charge is -2.09. The molecule has 0 bridgehead atoms. The fourth-order valence-electron chi connectivity index (χ4n) is 1.09. The second-order valence-corrected chi connectivity index (χ2v) is 3.91. The van der Waals surface area contributed by atoms with Crippen molar-refractivity contribution < 1.29 is 23.8 Å². The van der Waals surface area contributed by atoms with Crippen LogP contribution in [0.4, 0.5) is 0 Å². The molecule has 0 spiro atoms. The van der Waals surface area contributed by atoms with Gasteiger partial charge in [0.15, 0.2) is 6.61 Å². The zero-order valence-corrected chi connectivity index (χ0v) is 10.9. The predicted molar refractivity (Wildman–Crippen MR) is 63.0 cm³/mol. The van der Waals surface area contributed by atoms with Gasteiger partial charge in [-0.3, -0.25) is 0 Å². The van der Waals surface area contributed by atoms with Crippen LogP contribution in [0.1, 0.15) is 10.4 Å². The SMILES string of the molecule is COC(=O)COc1cc(Br)ccc1C(=O)OC. The zero-order valence-electron chi connectivity index (χ0n) is 9.36. The summed E-state index contributed by atoms with van der Waals surface area (Å²) in [7, 11) is 2.53. The Kier molecular flexibility index (Phi) is 4.96. The van der Waals surface area contributed by atoms with Gasteiger partial charge in [-0.2, -0.15) is 0 Å². The third-order valence-corrected chi connectivity index (χ3v) is 2.42. The molecule has 5 nitrogen and oxygen atoms in total. The highest BCUT2D eigenvalue weighted by molar-refractivity contribution is 9.10. The molecule has 0 aliphatic rings. The molecular formula is C11H11BrO5. The Balaban J connectivity index is 2.91. The molecule has 17 heavy (non-hydrogen) atoms. The van der Waals surface area contributed by atoms with Crippen molar-refractivity contribution in [1.82, 2.24) is 0 Å². The minimum Gasteiger partial charge on any atom is -0.481 e. The molecule has 0 heterocycles. The van der Waals surface area contributed by atoms with Gasteiger partial charge in [0.1, 0.15) is 11.3 Å². The van der Waals surface area contributed by atoms with Gasteiger partial charge in [0.25, 0.3) is 0 Å². The van der Waals surface area contributed by atoms with Crippen molar-refractivity contribution in [3.63, 3.8) is 0 Å². The van der Waals surface area contributed by atoms with Crippen LogP contribution in [0.5, 0.6) is 5.75 Å². The highest BCUT2D eigenvalue weighted by Gasteiger charge is 2.14. The summed E-state index contributed by atoms with van der Waals surface area (Å²) in [5, 5.41) is 0. The predicted octanol–water partition coefficient (Wildman–Crippen LogP) is 1.79. The third kappa shape index (κ3) is 3.74.